The maximum absolute atomic E-state index is 5.15. The molecule has 13 aromatic rings. The van der Waals surface area contributed by atoms with Crippen molar-refractivity contribution in [1.82, 2.24) is 15.0 Å². The van der Waals surface area contributed by atoms with Gasteiger partial charge < -0.3 is 0 Å². The van der Waals surface area contributed by atoms with E-state index >= 15 is 0 Å². The zero-order valence-corrected chi connectivity index (χ0v) is 36.0. The highest BCUT2D eigenvalue weighted by Gasteiger charge is 2.20. The molecular formula is C59H35N3S2. The first-order valence-corrected chi connectivity index (χ1v) is 23.1. The lowest BCUT2D eigenvalue weighted by Gasteiger charge is -2.18. The Hall–Kier alpha value is -7.83. The molecule has 0 fully saturated rings. The number of benzene rings is 10. The van der Waals surface area contributed by atoms with Gasteiger partial charge >= 0.3 is 0 Å². The van der Waals surface area contributed by atoms with Crippen LogP contribution in [0.15, 0.2) is 212 Å². The van der Waals surface area contributed by atoms with Gasteiger partial charge in [-0.3, -0.25) is 0 Å². The molecule has 3 nitrogen and oxygen atoms in total. The van der Waals surface area contributed by atoms with E-state index in [1.54, 1.807) is 0 Å². The predicted octanol–water partition coefficient (Wildman–Crippen LogP) is 16.9. The molecule has 64 heavy (non-hydrogen) atoms. The van der Waals surface area contributed by atoms with Gasteiger partial charge in [0.25, 0.3) is 0 Å². The normalized spacial score (nSPS) is 11.8. The van der Waals surface area contributed by atoms with E-state index in [4.69, 9.17) is 15.0 Å². The average molecular weight is 850 g/mol. The predicted molar refractivity (Wildman–Crippen MR) is 273 cm³/mol. The topological polar surface area (TPSA) is 38.7 Å². The number of hydrogen-bond acceptors (Lipinski definition) is 5. The second-order valence-electron chi connectivity index (χ2n) is 16.3. The summed E-state index contributed by atoms with van der Waals surface area (Å²) >= 11 is 3.67. The summed E-state index contributed by atoms with van der Waals surface area (Å²) in [5.74, 6) is 1.95. The molecule has 3 heterocycles. The SMILES string of the molecule is c1ccc(-c2nc(-c3ccc(-c4cccc5sc6ccc(-c7c(-c8ccccc8)c8ccccc8c8ccccc78)cc6c45)cc3)nc(-c3ccc4sc5ccccc5c4c3)n2)cc1. The summed E-state index contributed by atoms with van der Waals surface area (Å²) in [4.78, 5) is 15.3. The second kappa shape index (κ2) is 14.9. The molecule has 0 spiro atoms. The summed E-state index contributed by atoms with van der Waals surface area (Å²) in [6.07, 6.45) is 0. The molecule has 10 aromatic carbocycles. The molecule has 0 bridgehead atoms. The van der Waals surface area contributed by atoms with Crippen LogP contribution in [0.1, 0.15) is 0 Å². The molecule has 0 N–H and O–H groups in total. The molecule has 0 radical (unpaired) electrons. The minimum absolute atomic E-state index is 0.645. The third-order valence-electron chi connectivity index (χ3n) is 12.5. The average Bonchev–Trinajstić information content (AvgIpc) is 3.94. The molecule has 0 saturated carbocycles. The molecule has 0 aliphatic heterocycles. The minimum atomic E-state index is 0.645. The van der Waals surface area contributed by atoms with E-state index in [9.17, 15) is 0 Å². The number of hydrogen-bond donors (Lipinski definition) is 0. The number of fused-ring (bicyclic) bond motifs is 9. The Morgan fingerprint density at radius 3 is 1.38 bits per heavy atom. The van der Waals surface area contributed by atoms with Gasteiger partial charge in [0.15, 0.2) is 17.5 Å². The van der Waals surface area contributed by atoms with Gasteiger partial charge in [0.1, 0.15) is 0 Å². The monoisotopic (exact) mass is 849 g/mol. The van der Waals surface area contributed by atoms with Crippen molar-refractivity contribution < 1.29 is 0 Å². The summed E-state index contributed by atoms with van der Waals surface area (Å²) in [5.41, 5.74) is 10.2. The fraction of sp³-hybridized carbons (Fsp3) is 0. The highest BCUT2D eigenvalue weighted by atomic mass is 32.1. The highest BCUT2D eigenvalue weighted by Crippen LogP contribution is 2.47. The quantitative estimate of drug-likeness (QED) is 0.156. The standard InChI is InChI=1S/C59H35N3S2/c1-3-14-37(15-4-1)54-46-21-9-7-18-43(46)44-19-8-10-22-47(44)55(54)40-30-32-52-49(34-40)56-42(23-13-25-53(56)64-52)36-26-28-39(29-27-36)58-60-57(38-16-5-2-6-17-38)61-59(62-58)41-31-33-51-48(35-41)45-20-11-12-24-50(45)63-51/h1-35H. The van der Waals surface area contributed by atoms with Crippen LogP contribution in [-0.2, 0) is 0 Å². The lowest BCUT2D eigenvalue weighted by Crippen LogP contribution is -2.00. The van der Waals surface area contributed by atoms with Gasteiger partial charge in [0.05, 0.1) is 0 Å². The fourth-order valence-electron chi connectivity index (χ4n) is 9.58. The molecule has 0 saturated heterocycles. The molecular weight excluding hydrogens is 815 g/mol. The van der Waals surface area contributed by atoms with Gasteiger partial charge in [-0.15, -0.1) is 22.7 Å². The Bertz CT molecular complexity index is 3950. The molecule has 0 aliphatic carbocycles. The summed E-state index contributed by atoms with van der Waals surface area (Å²) in [7, 11) is 0. The number of thiophene rings is 2. The summed E-state index contributed by atoms with van der Waals surface area (Å²) in [6, 6.07) is 76.5. The summed E-state index contributed by atoms with van der Waals surface area (Å²) in [6.45, 7) is 0. The molecule has 0 amide bonds. The Morgan fingerprint density at radius 1 is 0.250 bits per heavy atom. The maximum atomic E-state index is 5.15. The van der Waals surface area contributed by atoms with Crippen LogP contribution in [0.25, 0.3) is 129 Å². The van der Waals surface area contributed by atoms with Gasteiger partial charge in [-0.25, -0.2) is 15.0 Å². The van der Waals surface area contributed by atoms with Crippen molar-refractivity contribution in [3.05, 3.63) is 212 Å². The number of rotatable bonds is 6. The van der Waals surface area contributed by atoms with Gasteiger partial charge in [-0.2, -0.15) is 0 Å². The van der Waals surface area contributed by atoms with Crippen LogP contribution < -0.4 is 0 Å². The molecule has 298 valence electrons. The van der Waals surface area contributed by atoms with Crippen LogP contribution in [0, 0.1) is 0 Å². The largest absolute Gasteiger partial charge is 0.208 e. The number of aromatic nitrogens is 3. The van der Waals surface area contributed by atoms with Crippen LogP contribution in [0.3, 0.4) is 0 Å². The van der Waals surface area contributed by atoms with E-state index < -0.39 is 0 Å². The van der Waals surface area contributed by atoms with Crippen molar-refractivity contribution in [2.24, 2.45) is 0 Å². The van der Waals surface area contributed by atoms with E-state index in [0.29, 0.717) is 17.5 Å². The lowest BCUT2D eigenvalue weighted by atomic mass is 9.84. The first kappa shape index (κ1) is 36.8. The molecule has 0 aliphatic rings. The van der Waals surface area contributed by atoms with Crippen molar-refractivity contribution >= 4 is 84.6 Å². The first-order chi connectivity index (χ1) is 31.7. The van der Waals surface area contributed by atoms with Crippen LogP contribution in [0.5, 0.6) is 0 Å². The van der Waals surface area contributed by atoms with Crippen molar-refractivity contribution in [3.63, 3.8) is 0 Å². The van der Waals surface area contributed by atoms with Gasteiger partial charge in [0.2, 0.25) is 0 Å². The van der Waals surface area contributed by atoms with Crippen molar-refractivity contribution in [1.29, 1.82) is 0 Å². The molecule has 5 heteroatoms. The highest BCUT2D eigenvalue weighted by molar-refractivity contribution is 7.26. The van der Waals surface area contributed by atoms with Crippen LogP contribution in [-0.4, -0.2) is 15.0 Å². The van der Waals surface area contributed by atoms with E-state index in [1.807, 2.05) is 40.9 Å². The second-order valence-corrected chi connectivity index (χ2v) is 18.4. The van der Waals surface area contributed by atoms with E-state index in [-0.39, 0.29) is 0 Å². The van der Waals surface area contributed by atoms with Crippen LogP contribution in [0.2, 0.25) is 0 Å². The Kier molecular flexibility index (Phi) is 8.58. The Balaban J connectivity index is 0.949. The zero-order valence-electron chi connectivity index (χ0n) is 34.4. The van der Waals surface area contributed by atoms with E-state index in [1.165, 1.54) is 89.7 Å². The maximum Gasteiger partial charge on any atom is 0.164 e. The van der Waals surface area contributed by atoms with Gasteiger partial charge in [0, 0.05) is 57.0 Å². The summed E-state index contributed by atoms with van der Waals surface area (Å²) in [5, 5.41) is 10.1. The van der Waals surface area contributed by atoms with E-state index in [2.05, 4.69) is 194 Å². The van der Waals surface area contributed by atoms with Crippen LogP contribution in [0.4, 0.5) is 0 Å². The molecule has 0 unspecified atom stereocenters. The Labute approximate surface area is 377 Å². The van der Waals surface area contributed by atoms with Crippen molar-refractivity contribution in [2.45, 2.75) is 0 Å². The fourth-order valence-corrected chi connectivity index (χ4v) is 11.8. The molecule has 0 atom stereocenters. The van der Waals surface area contributed by atoms with Crippen molar-refractivity contribution in [3.8, 4) is 67.5 Å². The smallest absolute Gasteiger partial charge is 0.164 e. The molecule has 3 aromatic heterocycles. The third kappa shape index (κ3) is 6.04. The van der Waals surface area contributed by atoms with Crippen LogP contribution >= 0.6 is 22.7 Å². The minimum Gasteiger partial charge on any atom is -0.208 e. The third-order valence-corrected chi connectivity index (χ3v) is 14.8. The lowest BCUT2D eigenvalue weighted by molar-refractivity contribution is 1.07. The Morgan fingerprint density at radius 2 is 0.688 bits per heavy atom. The van der Waals surface area contributed by atoms with Gasteiger partial charge in [-0.05, 0) is 97.4 Å². The van der Waals surface area contributed by atoms with Gasteiger partial charge in [-0.1, -0.05) is 170 Å². The van der Waals surface area contributed by atoms with Crippen molar-refractivity contribution in [2.75, 3.05) is 0 Å². The molecule has 13 rings (SSSR count). The first-order valence-electron chi connectivity index (χ1n) is 21.5. The summed E-state index contributed by atoms with van der Waals surface area (Å²) < 4.78 is 5.07. The number of nitrogens with zero attached hydrogens (tertiary/aromatic N) is 3. The zero-order chi connectivity index (χ0) is 42.1. The van der Waals surface area contributed by atoms with E-state index in [0.717, 1.165) is 22.3 Å².